The van der Waals surface area contributed by atoms with Crippen LogP contribution in [-0.4, -0.2) is 25.5 Å². The Kier molecular flexibility index (Phi) is 6.56. The molecule has 1 aromatic rings. The van der Waals surface area contributed by atoms with Crippen LogP contribution >= 0.6 is 15.9 Å². The molecule has 0 saturated heterocycles. The lowest BCUT2D eigenvalue weighted by molar-refractivity contribution is -0.145. The third-order valence-electron chi connectivity index (χ3n) is 2.56. The highest BCUT2D eigenvalue weighted by atomic mass is 79.9. The molecule has 0 bridgehead atoms. The lowest BCUT2D eigenvalue weighted by Gasteiger charge is -2.08. The summed E-state index contributed by atoms with van der Waals surface area (Å²) < 4.78 is 10.9. The quantitative estimate of drug-likeness (QED) is 0.570. The average molecular weight is 329 g/mol. The van der Waals surface area contributed by atoms with E-state index in [0.29, 0.717) is 19.4 Å². The first-order valence-electron chi connectivity index (χ1n) is 6.06. The third kappa shape index (κ3) is 5.42. The summed E-state index contributed by atoms with van der Waals surface area (Å²) in [5, 5.41) is 0. The van der Waals surface area contributed by atoms with Gasteiger partial charge in [-0.3, -0.25) is 9.59 Å². The molecule has 0 heterocycles. The highest BCUT2D eigenvalue weighted by Gasteiger charge is 2.12. The average Bonchev–Trinajstić information content (AvgIpc) is 2.36. The van der Waals surface area contributed by atoms with Crippen molar-refractivity contribution in [2.45, 2.75) is 26.2 Å². The normalized spacial score (nSPS) is 10.1. The molecule has 0 aliphatic rings. The highest BCUT2D eigenvalue weighted by Crippen LogP contribution is 2.24. The van der Waals surface area contributed by atoms with Gasteiger partial charge in [0.2, 0.25) is 0 Å². The zero-order valence-electron chi connectivity index (χ0n) is 11.1. The van der Waals surface area contributed by atoms with Crippen molar-refractivity contribution in [1.29, 1.82) is 0 Å². The third-order valence-corrected chi connectivity index (χ3v) is 3.06. The fraction of sp³-hybridized carbons (Fsp3) is 0.429. The van der Waals surface area contributed by atoms with Crippen LogP contribution in [0.1, 0.15) is 25.3 Å². The molecule has 0 aliphatic carbocycles. The van der Waals surface area contributed by atoms with Gasteiger partial charge in [0.15, 0.2) is 0 Å². The molecule has 0 amide bonds. The van der Waals surface area contributed by atoms with Gasteiger partial charge in [-0.25, -0.2) is 0 Å². The molecule has 4 nitrogen and oxygen atoms in total. The van der Waals surface area contributed by atoms with Crippen LogP contribution < -0.4 is 4.74 Å². The maximum Gasteiger partial charge on any atom is 0.313 e. The summed E-state index contributed by atoms with van der Waals surface area (Å²) in [4.78, 5) is 22.8. The molecular weight excluding hydrogens is 312 g/mol. The second-order valence-corrected chi connectivity index (χ2v) is 4.89. The number of halogens is 1. The second kappa shape index (κ2) is 7.94. The molecule has 0 N–H and O–H groups in total. The number of rotatable bonds is 7. The van der Waals surface area contributed by atoms with Crippen LogP contribution in [0, 0.1) is 0 Å². The van der Waals surface area contributed by atoms with Gasteiger partial charge >= 0.3 is 5.97 Å². The minimum absolute atomic E-state index is 0.125. The Morgan fingerprint density at radius 3 is 2.68 bits per heavy atom. The standard InChI is InChI=1S/C14H17BrO4/c1-3-19-14(17)9-12(16)6-4-10-8-11(15)5-7-13(10)18-2/h5,7-8H,3-4,6,9H2,1-2H3. The Hall–Kier alpha value is -1.36. The van der Waals surface area contributed by atoms with E-state index in [9.17, 15) is 9.59 Å². The summed E-state index contributed by atoms with van der Waals surface area (Å²) in [5.41, 5.74) is 0.939. The van der Waals surface area contributed by atoms with Crippen molar-refractivity contribution >= 4 is 27.7 Å². The molecule has 1 aromatic carbocycles. The van der Waals surface area contributed by atoms with Crippen molar-refractivity contribution in [2.24, 2.45) is 0 Å². The number of carbonyl (C=O) groups excluding carboxylic acids is 2. The zero-order valence-corrected chi connectivity index (χ0v) is 12.7. The van der Waals surface area contributed by atoms with Crippen LogP contribution in [0.2, 0.25) is 0 Å². The minimum Gasteiger partial charge on any atom is -0.496 e. The van der Waals surface area contributed by atoms with Crippen molar-refractivity contribution in [2.75, 3.05) is 13.7 Å². The van der Waals surface area contributed by atoms with E-state index in [1.165, 1.54) is 0 Å². The first-order valence-corrected chi connectivity index (χ1v) is 6.85. The summed E-state index contributed by atoms with van der Waals surface area (Å²) in [7, 11) is 1.59. The summed E-state index contributed by atoms with van der Waals surface area (Å²) in [6.45, 7) is 2.01. The van der Waals surface area contributed by atoms with Crippen molar-refractivity contribution in [3.63, 3.8) is 0 Å². The van der Waals surface area contributed by atoms with Crippen molar-refractivity contribution in [3.8, 4) is 5.75 Å². The minimum atomic E-state index is -0.464. The van der Waals surface area contributed by atoms with Crippen LogP contribution in [0.3, 0.4) is 0 Å². The van der Waals surface area contributed by atoms with Gasteiger partial charge in [0.25, 0.3) is 0 Å². The number of hydrogen-bond donors (Lipinski definition) is 0. The molecule has 0 radical (unpaired) electrons. The Morgan fingerprint density at radius 2 is 2.05 bits per heavy atom. The van der Waals surface area contributed by atoms with E-state index in [1.807, 2.05) is 18.2 Å². The van der Waals surface area contributed by atoms with Crippen LogP contribution in [0.15, 0.2) is 22.7 Å². The summed E-state index contributed by atoms with van der Waals surface area (Å²) in [5.74, 6) is 0.154. The number of ketones is 1. The van der Waals surface area contributed by atoms with E-state index in [1.54, 1.807) is 14.0 Å². The van der Waals surface area contributed by atoms with Crippen LogP contribution in [0.4, 0.5) is 0 Å². The molecule has 0 aromatic heterocycles. The zero-order chi connectivity index (χ0) is 14.3. The van der Waals surface area contributed by atoms with E-state index >= 15 is 0 Å². The number of Topliss-reactive ketones (excluding diaryl/α,β-unsaturated/α-hetero) is 1. The molecule has 0 saturated carbocycles. The molecule has 0 atom stereocenters. The van der Waals surface area contributed by atoms with Gasteiger partial charge in [-0.05, 0) is 37.1 Å². The van der Waals surface area contributed by atoms with Crippen LogP contribution in [0.5, 0.6) is 5.75 Å². The Labute approximate surface area is 121 Å². The van der Waals surface area contributed by atoms with Gasteiger partial charge in [0.05, 0.1) is 13.7 Å². The lowest BCUT2D eigenvalue weighted by Crippen LogP contribution is -2.11. The molecule has 0 aliphatic heterocycles. The molecule has 0 fully saturated rings. The maximum atomic E-state index is 11.6. The van der Waals surface area contributed by atoms with Gasteiger partial charge < -0.3 is 9.47 Å². The Bertz CT molecular complexity index is 457. The predicted molar refractivity (Wildman–Crippen MR) is 75.3 cm³/mol. The molecule has 0 unspecified atom stereocenters. The van der Waals surface area contributed by atoms with Crippen molar-refractivity contribution in [3.05, 3.63) is 28.2 Å². The largest absolute Gasteiger partial charge is 0.496 e. The first-order chi connectivity index (χ1) is 9.06. The predicted octanol–water partition coefficient (Wildman–Crippen LogP) is 2.91. The number of ether oxygens (including phenoxy) is 2. The topological polar surface area (TPSA) is 52.6 Å². The number of carbonyl (C=O) groups is 2. The molecule has 0 spiro atoms. The SMILES string of the molecule is CCOC(=O)CC(=O)CCc1cc(Br)ccc1OC. The fourth-order valence-electron chi connectivity index (χ4n) is 1.68. The summed E-state index contributed by atoms with van der Waals surface area (Å²) in [6, 6.07) is 5.63. The first kappa shape index (κ1) is 15.7. The van der Waals surface area contributed by atoms with Gasteiger partial charge in [0, 0.05) is 10.9 Å². The lowest BCUT2D eigenvalue weighted by atomic mass is 10.1. The number of methoxy groups -OCH3 is 1. The van der Waals surface area contributed by atoms with Crippen molar-refractivity contribution < 1.29 is 19.1 Å². The van der Waals surface area contributed by atoms with E-state index in [0.717, 1.165) is 15.8 Å². The van der Waals surface area contributed by atoms with Crippen LogP contribution in [0.25, 0.3) is 0 Å². The maximum absolute atomic E-state index is 11.6. The fourth-order valence-corrected chi connectivity index (χ4v) is 2.09. The van der Waals surface area contributed by atoms with Gasteiger partial charge in [0.1, 0.15) is 18.0 Å². The monoisotopic (exact) mass is 328 g/mol. The van der Waals surface area contributed by atoms with E-state index in [-0.39, 0.29) is 12.2 Å². The van der Waals surface area contributed by atoms with E-state index < -0.39 is 5.97 Å². The highest BCUT2D eigenvalue weighted by molar-refractivity contribution is 9.10. The molecule has 19 heavy (non-hydrogen) atoms. The van der Waals surface area contributed by atoms with Gasteiger partial charge in [-0.15, -0.1) is 0 Å². The number of esters is 1. The number of hydrogen-bond acceptors (Lipinski definition) is 4. The number of benzene rings is 1. The number of aryl methyl sites for hydroxylation is 1. The van der Waals surface area contributed by atoms with E-state index in [2.05, 4.69) is 15.9 Å². The Balaban J connectivity index is 2.54. The van der Waals surface area contributed by atoms with Gasteiger partial charge in [-0.2, -0.15) is 0 Å². The molecule has 104 valence electrons. The van der Waals surface area contributed by atoms with Crippen LogP contribution in [-0.2, 0) is 20.7 Å². The molecule has 5 heteroatoms. The molecule has 1 rings (SSSR count). The smallest absolute Gasteiger partial charge is 0.313 e. The summed E-state index contributed by atoms with van der Waals surface area (Å²) >= 11 is 3.38. The van der Waals surface area contributed by atoms with E-state index in [4.69, 9.17) is 9.47 Å². The Morgan fingerprint density at radius 1 is 1.32 bits per heavy atom. The van der Waals surface area contributed by atoms with Gasteiger partial charge in [-0.1, -0.05) is 15.9 Å². The van der Waals surface area contributed by atoms with Crippen molar-refractivity contribution in [1.82, 2.24) is 0 Å². The summed E-state index contributed by atoms with van der Waals surface area (Å²) in [6.07, 6.45) is 0.677. The second-order valence-electron chi connectivity index (χ2n) is 3.98. The molecular formula is C14H17BrO4.